The van der Waals surface area contributed by atoms with Gasteiger partial charge in [-0.2, -0.15) is 0 Å². The second-order valence-corrected chi connectivity index (χ2v) is 11.1. The summed E-state index contributed by atoms with van der Waals surface area (Å²) < 4.78 is 47.5. The molecule has 12 heteroatoms. The number of hydrogen-bond acceptors (Lipinski definition) is 9. The first-order chi connectivity index (χ1) is 18.2. The van der Waals surface area contributed by atoms with Gasteiger partial charge in [0.2, 0.25) is 5.82 Å². The zero-order valence-corrected chi connectivity index (χ0v) is 22.1. The summed E-state index contributed by atoms with van der Waals surface area (Å²) >= 11 is 0. The van der Waals surface area contributed by atoms with Crippen molar-refractivity contribution in [2.24, 2.45) is 0 Å². The van der Waals surface area contributed by atoms with Crippen molar-refractivity contribution in [3.63, 3.8) is 0 Å². The lowest BCUT2D eigenvalue weighted by atomic mass is 10.2. The van der Waals surface area contributed by atoms with Crippen molar-refractivity contribution >= 4 is 15.5 Å². The van der Waals surface area contributed by atoms with Gasteiger partial charge in [0, 0.05) is 6.20 Å². The lowest BCUT2D eigenvalue weighted by Crippen LogP contribution is -2.28. The summed E-state index contributed by atoms with van der Waals surface area (Å²) in [6.07, 6.45) is 1.87. The highest BCUT2D eigenvalue weighted by Gasteiger charge is 2.34. The topological polar surface area (TPSA) is 134 Å². The van der Waals surface area contributed by atoms with Gasteiger partial charge in [-0.25, -0.2) is 13.4 Å². The minimum absolute atomic E-state index is 0.106. The molecule has 1 aromatic carbocycles. The van der Waals surface area contributed by atoms with E-state index in [1.807, 2.05) is 6.07 Å². The van der Waals surface area contributed by atoms with Gasteiger partial charge in [-0.1, -0.05) is 12.1 Å². The van der Waals surface area contributed by atoms with E-state index in [2.05, 4.69) is 15.2 Å². The van der Waals surface area contributed by atoms with Gasteiger partial charge in [0.25, 0.3) is 0 Å². The smallest absolute Gasteiger partial charge is 0.204 e. The standard InChI is InChI=1S/C26H27N5O6S/c1-16-11-12-21(37-16)26-29-28-23(31(26)24-19(35-3)8-7-9-20(24)36-4)15-38(33,34)17(2)25(32)18-14-27-22-10-5-6-13-30(18)22/h5-14,17,25,32H,15H2,1-4H3/t17-,25-/m0/s1. The molecule has 5 aromatic rings. The molecule has 0 aliphatic carbocycles. The fourth-order valence-electron chi connectivity index (χ4n) is 4.33. The van der Waals surface area contributed by atoms with E-state index in [9.17, 15) is 13.5 Å². The van der Waals surface area contributed by atoms with E-state index in [4.69, 9.17) is 13.9 Å². The van der Waals surface area contributed by atoms with Crippen LogP contribution in [0.25, 0.3) is 22.9 Å². The van der Waals surface area contributed by atoms with Crippen molar-refractivity contribution in [3.8, 4) is 28.8 Å². The number of sulfone groups is 1. The largest absolute Gasteiger partial charge is 0.494 e. The maximum absolute atomic E-state index is 13.7. The summed E-state index contributed by atoms with van der Waals surface area (Å²) in [5, 5.41) is 18.4. The number of rotatable bonds is 9. The van der Waals surface area contributed by atoms with E-state index in [0.717, 1.165) is 0 Å². The summed E-state index contributed by atoms with van der Waals surface area (Å²) in [5.74, 6) is 1.76. The van der Waals surface area contributed by atoms with Crippen molar-refractivity contribution in [3.05, 3.63) is 78.2 Å². The van der Waals surface area contributed by atoms with Gasteiger partial charge in [-0.05, 0) is 50.2 Å². The van der Waals surface area contributed by atoms with Crippen LogP contribution in [0.1, 0.15) is 30.3 Å². The van der Waals surface area contributed by atoms with Crippen LogP contribution in [0.4, 0.5) is 0 Å². The van der Waals surface area contributed by atoms with Crippen LogP contribution in [0, 0.1) is 6.92 Å². The highest BCUT2D eigenvalue weighted by Crippen LogP contribution is 2.37. The molecule has 4 aromatic heterocycles. The molecule has 0 spiro atoms. The number of nitrogens with zero attached hydrogens (tertiary/aromatic N) is 5. The van der Waals surface area contributed by atoms with Gasteiger partial charge in [0.05, 0.1) is 31.4 Å². The first-order valence-electron chi connectivity index (χ1n) is 11.8. The summed E-state index contributed by atoms with van der Waals surface area (Å²) in [7, 11) is -0.959. The normalized spacial score (nSPS) is 13.5. The van der Waals surface area contributed by atoms with E-state index >= 15 is 0 Å². The Labute approximate surface area is 219 Å². The predicted octanol–water partition coefficient (Wildman–Crippen LogP) is 3.54. The first-order valence-corrected chi connectivity index (χ1v) is 13.5. The van der Waals surface area contributed by atoms with Crippen molar-refractivity contribution in [2.45, 2.75) is 31.0 Å². The van der Waals surface area contributed by atoms with Crippen molar-refractivity contribution in [1.29, 1.82) is 0 Å². The molecule has 0 saturated carbocycles. The number of ether oxygens (including phenoxy) is 2. The lowest BCUT2D eigenvalue weighted by molar-refractivity contribution is 0.170. The molecule has 0 saturated heterocycles. The molecule has 0 radical (unpaired) electrons. The highest BCUT2D eigenvalue weighted by molar-refractivity contribution is 7.91. The second-order valence-electron chi connectivity index (χ2n) is 8.77. The molecule has 1 N–H and O–H groups in total. The fourth-order valence-corrected chi connectivity index (χ4v) is 5.67. The summed E-state index contributed by atoms with van der Waals surface area (Å²) in [5.41, 5.74) is 1.40. The number of aliphatic hydroxyl groups excluding tert-OH is 1. The minimum Gasteiger partial charge on any atom is -0.494 e. The number of aryl methyl sites for hydroxylation is 1. The number of aliphatic hydroxyl groups is 1. The molecule has 198 valence electrons. The molecule has 11 nitrogen and oxygen atoms in total. The average Bonchev–Trinajstić information content (AvgIpc) is 3.65. The summed E-state index contributed by atoms with van der Waals surface area (Å²) in [4.78, 5) is 4.26. The van der Waals surface area contributed by atoms with Crippen LogP contribution in [-0.2, 0) is 15.6 Å². The molecule has 5 rings (SSSR count). The molecule has 0 unspecified atom stereocenters. The number of aromatic nitrogens is 5. The molecular formula is C26H27N5O6S. The third kappa shape index (κ3) is 4.41. The van der Waals surface area contributed by atoms with E-state index in [0.29, 0.717) is 40.0 Å². The molecule has 0 aliphatic heterocycles. The Morgan fingerprint density at radius 3 is 2.42 bits per heavy atom. The number of fused-ring (bicyclic) bond motifs is 1. The van der Waals surface area contributed by atoms with Gasteiger partial charge in [0.15, 0.2) is 21.4 Å². The quantitative estimate of drug-likeness (QED) is 0.300. The molecule has 4 heterocycles. The summed E-state index contributed by atoms with van der Waals surface area (Å²) in [6.45, 7) is 3.26. The maximum atomic E-state index is 13.7. The van der Waals surface area contributed by atoms with Gasteiger partial charge >= 0.3 is 0 Å². The Hall–Kier alpha value is -4.16. The molecular weight excluding hydrogens is 510 g/mol. The fraction of sp³-hybridized carbons (Fsp3) is 0.269. The summed E-state index contributed by atoms with van der Waals surface area (Å²) in [6, 6.07) is 14.1. The lowest BCUT2D eigenvalue weighted by Gasteiger charge is -2.20. The first kappa shape index (κ1) is 25.5. The number of methoxy groups -OCH3 is 2. The Kier molecular flexibility index (Phi) is 6.67. The van der Waals surface area contributed by atoms with E-state index in [-0.39, 0.29) is 11.6 Å². The van der Waals surface area contributed by atoms with Crippen molar-refractivity contribution in [2.75, 3.05) is 14.2 Å². The Morgan fingerprint density at radius 2 is 1.76 bits per heavy atom. The molecule has 2 atom stereocenters. The van der Waals surface area contributed by atoms with Crippen molar-refractivity contribution < 1.29 is 27.4 Å². The molecule has 0 fully saturated rings. The number of hydrogen-bond donors (Lipinski definition) is 1. The van der Waals surface area contributed by atoms with Crippen LogP contribution in [0.5, 0.6) is 11.5 Å². The third-order valence-corrected chi connectivity index (χ3v) is 8.46. The zero-order valence-electron chi connectivity index (χ0n) is 21.3. The number of furan rings is 1. The zero-order chi connectivity index (χ0) is 27.0. The Balaban J connectivity index is 1.59. The number of pyridine rings is 1. The van der Waals surface area contributed by atoms with Crippen LogP contribution in [0.2, 0.25) is 0 Å². The Bertz CT molecular complexity index is 1680. The monoisotopic (exact) mass is 537 g/mol. The number of para-hydroxylation sites is 1. The van der Waals surface area contributed by atoms with E-state index in [1.54, 1.807) is 64.6 Å². The molecule has 38 heavy (non-hydrogen) atoms. The SMILES string of the molecule is COc1cccc(OC)c1-n1c(CS(=O)(=O)[C@@H](C)[C@H](O)c2cnc3ccccn23)nnc1-c1ccc(C)o1. The molecule has 0 bridgehead atoms. The second kappa shape index (κ2) is 9.95. The van der Waals surface area contributed by atoms with Gasteiger partial charge in [0.1, 0.15) is 40.5 Å². The van der Waals surface area contributed by atoms with Crippen LogP contribution < -0.4 is 9.47 Å². The van der Waals surface area contributed by atoms with Crippen molar-refractivity contribution in [1.82, 2.24) is 24.1 Å². The van der Waals surface area contributed by atoms with Crippen LogP contribution in [-0.4, -0.2) is 57.1 Å². The minimum atomic E-state index is -3.97. The van der Waals surface area contributed by atoms with E-state index < -0.39 is 26.9 Å². The maximum Gasteiger partial charge on any atom is 0.204 e. The van der Waals surface area contributed by atoms with Crippen LogP contribution in [0.15, 0.2) is 65.3 Å². The molecule has 0 amide bonds. The van der Waals surface area contributed by atoms with Gasteiger partial charge < -0.3 is 23.4 Å². The predicted molar refractivity (Wildman–Crippen MR) is 139 cm³/mol. The number of imidazole rings is 1. The van der Waals surface area contributed by atoms with E-state index in [1.165, 1.54) is 27.3 Å². The van der Waals surface area contributed by atoms with Crippen LogP contribution in [0.3, 0.4) is 0 Å². The third-order valence-electron chi connectivity index (χ3n) is 6.41. The molecule has 0 aliphatic rings. The van der Waals surface area contributed by atoms with Gasteiger partial charge in [-0.15, -0.1) is 10.2 Å². The van der Waals surface area contributed by atoms with Gasteiger partial charge in [-0.3, -0.25) is 4.57 Å². The van der Waals surface area contributed by atoms with Crippen LogP contribution >= 0.6 is 0 Å². The number of benzene rings is 1. The average molecular weight is 538 g/mol. The Morgan fingerprint density at radius 1 is 1.03 bits per heavy atom. The highest BCUT2D eigenvalue weighted by atomic mass is 32.2.